The Morgan fingerprint density at radius 2 is 1.97 bits per heavy atom. The molecule has 2 atom stereocenters. The van der Waals surface area contributed by atoms with Crippen LogP contribution in [0.4, 0.5) is 0 Å². The summed E-state index contributed by atoms with van der Waals surface area (Å²) in [5.41, 5.74) is 7.51. The highest BCUT2D eigenvalue weighted by Crippen LogP contribution is 2.24. The Bertz CT molecular complexity index is 611. The summed E-state index contributed by atoms with van der Waals surface area (Å²) in [5.74, 6) is 0.598. The molecule has 1 aromatic rings. The molecule has 0 spiro atoms. The molecule has 1 aromatic carbocycles. The van der Waals surface area contributed by atoms with E-state index >= 15 is 0 Å². The zero-order chi connectivity index (χ0) is 19.8. The summed E-state index contributed by atoms with van der Waals surface area (Å²) < 4.78 is 0. The standard InChI is InChI=1S/C22H38N6.HI/c1-3-27-13-7-11-20(27)17-25-22(23)24-12-8-14-28-16-15-26(2)18-21(28)19-9-5-4-6-10-19;/h4-6,9-10,20-21H,3,7-8,11-18H2,1-2H3,(H3,23,24,25);1H. The molecule has 0 radical (unpaired) electrons. The summed E-state index contributed by atoms with van der Waals surface area (Å²) in [6.45, 7) is 10.7. The fraction of sp³-hybridized carbons (Fsp3) is 0.682. The maximum Gasteiger partial charge on any atom is 0.188 e. The molecule has 2 saturated heterocycles. The fourth-order valence-electron chi connectivity index (χ4n) is 4.49. The van der Waals surface area contributed by atoms with E-state index in [4.69, 9.17) is 5.73 Å². The van der Waals surface area contributed by atoms with Gasteiger partial charge < -0.3 is 16.0 Å². The van der Waals surface area contributed by atoms with Gasteiger partial charge in [-0.05, 0) is 45.0 Å². The molecule has 3 N–H and O–H groups in total. The van der Waals surface area contributed by atoms with E-state index in [-0.39, 0.29) is 24.0 Å². The Kier molecular flexibility index (Phi) is 10.7. The van der Waals surface area contributed by atoms with E-state index in [1.165, 1.54) is 24.9 Å². The fourth-order valence-corrected chi connectivity index (χ4v) is 4.49. The highest BCUT2D eigenvalue weighted by Gasteiger charge is 2.26. The number of nitrogens with one attached hydrogen (secondary N) is 1. The minimum Gasteiger partial charge on any atom is -0.370 e. The minimum absolute atomic E-state index is 0. The molecule has 0 bridgehead atoms. The number of halogens is 1. The van der Waals surface area contributed by atoms with Crippen molar-refractivity contribution < 1.29 is 0 Å². The average molecular weight is 515 g/mol. The number of hydrogen-bond donors (Lipinski definition) is 2. The summed E-state index contributed by atoms with van der Waals surface area (Å²) in [6.07, 6.45) is 3.61. The molecule has 6 nitrogen and oxygen atoms in total. The Hall–Kier alpha value is -0.900. The summed E-state index contributed by atoms with van der Waals surface area (Å²) in [4.78, 5) is 12.1. The van der Waals surface area contributed by atoms with Gasteiger partial charge in [-0.2, -0.15) is 0 Å². The van der Waals surface area contributed by atoms with E-state index in [9.17, 15) is 0 Å². The van der Waals surface area contributed by atoms with Crippen LogP contribution >= 0.6 is 24.0 Å². The molecule has 2 heterocycles. The van der Waals surface area contributed by atoms with Gasteiger partial charge in [-0.1, -0.05) is 37.3 Å². The lowest BCUT2D eigenvalue weighted by atomic mass is 10.0. The topological polar surface area (TPSA) is 60.1 Å². The van der Waals surface area contributed by atoms with Crippen molar-refractivity contribution in [2.75, 3.05) is 59.4 Å². The van der Waals surface area contributed by atoms with Crippen molar-refractivity contribution in [2.24, 2.45) is 10.7 Å². The summed E-state index contributed by atoms with van der Waals surface area (Å²) in [6, 6.07) is 11.9. The van der Waals surface area contributed by atoms with Crippen molar-refractivity contribution in [3.8, 4) is 0 Å². The molecule has 0 saturated carbocycles. The summed E-state index contributed by atoms with van der Waals surface area (Å²) >= 11 is 0. The maximum atomic E-state index is 6.09. The first kappa shape index (κ1) is 24.4. The number of nitrogens with zero attached hydrogens (tertiary/aromatic N) is 4. The van der Waals surface area contributed by atoms with Crippen LogP contribution < -0.4 is 11.1 Å². The molecule has 2 fully saturated rings. The second-order valence-electron chi connectivity index (χ2n) is 8.16. The number of likely N-dealkylation sites (tertiary alicyclic amines) is 1. The van der Waals surface area contributed by atoms with Gasteiger partial charge >= 0.3 is 0 Å². The lowest BCUT2D eigenvalue weighted by Crippen LogP contribution is -2.47. The Balaban J connectivity index is 0.00000300. The third kappa shape index (κ3) is 7.38. The maximum absolute atomic E-state index is 6.09. The first-order valence-electron chi connectivity index (χ1n) is 10.9. The largest absolute Gasteiger partial charge is 0.370 e. The van der Waals surface area contributed by atoms with E-state index in [0.717, 1.165) is 52.2 Å². The van der Waals surface area contributed by atoms with Crippen molar-refractivity contribution in [3.05, 3.63) is 35.9 Å². The molecule has 164 valence electrons. The van der Waals surface area contributed by atoms with Crippen LogP contribution in [0.15, 0.2) is 35.3 Å². The number of hydrogen-bond acceptors (Lipinski definition) is 4. The second kappa shape index (κ2) is 12.7. The van der Waals surface area contributed by atoms with Gasteiger partial charge in [0.2, 0.25) is 0 Å². The highest BCUT2D eigenvalue weighted by molar-refractivity contribution is 14.0. The van der Waals surface area contributed by atoms with Crippen LogP contribution in [-0.2, 0) is 0 Å². The number of nitrogens with two attached hydrogens (primary N) is 1. The van der Waals surface area contributed by atoms with Crippen molar-refractivity contribution in [1.29, 1.82) is 0 Å². The van der Waals surface area contributed by atoms with Crippen LogP contribution in [0.25, 0.3) is 0 Å². The van der Waals surface area contributed by atoms with Crippen molar-refractivity contribution >= 4 is 29.9 Å². The zero-order valence-corrected chi connectivity index (χ0v) is 20.4. The summed E-state index contributed by atoms with van der Waals surface area (Å²) in [7, 11) is 2.22. The van der Waals surface area contributed by atoms with E-state index in [2.05, 4.69) is 69.3 Å². The monoisotopic (exact) mass is 514 g/mol. The Morgan fingerprint density at radius 3 is 2.72 bits per heavy atom. The van der Waals surface area contributed by atoms with Gasteiger partial charge in [0.05, 0.1) is 6.54 Å². The smallest absolute Gasteiger partial charge is 0.188 e. The number of aliphatic imine (C=N–C) groups is 1. The molecule has 7 heteroatoms. The van der Waals surface area contributed by atoms with Gasteiger partial charge in [0.1, 0.15) is 0 Å². The molecule has 2 aliphatic heterocycles. The SMILES string of the molecule is CCN1CCCC1CN=C(N)NCCCN1CCN(C)CC1c1ccccc1.I. The van der Waals surface area contributed by atoms with Crippen LogP contribution in [0.2, 0.25) is 0 Å². The summed E-state index contributed by atoms with van der Waals surface area (Å²) in [5, 5.41) is 3.31. The lowest BCUT2D eigenvalue weighted by molar-refractivity contribution is 0.0891. The van der Waals surface area contributed by atoms with Crippen LogP contribution in [0.1, 0.15) is 37.8 Å². The number of likely N-dealkylation sites (N-methyl/N-ethyl adjacent to an activating group) is 2. The first-order chi connectivity index (χ1) is 13.7. The zero-order valence-electron chi connectivity index (χ0n) is 18.1. The predicted molar refractivity (Wildman–Crippen MR) is 133 cm³/mol. The third-order valence-corrected chi connectivity index (χ3v) is 6.18. The second-order valence-corrected chi connectivity index (χ2v) is 8.16. The molecular weight excluding hydrogens is 475 g/mol. The molecule has 2 aliphatic rings. The first-order valence-corrected chi connectivity index (χ1v) is 10.9. The van der Waals surface area contributed by atoms with Crippen LogP contribution in [-0.4, -0.2) is 86.1 Å². The van der Waals surface area contributed by atoms with Gasteiger partial charge in [0.15, 0.2) is 5.96 Å². The van der Waals surface area contributed by atoms with Gasteiger partial charge in [0.25, 0.3) is 0 Å². The van der Waals surface area contributed by atoms with Crippen molar-refractivity contribution in [1.82, 2.24) is 20.0 Å². The number of piperazine rings is 1. The van der Waals surface area contributed by atoms with Crippen molar-refractivity contribution in [2.45, 2.75) is 38.3 Å². The Morgan fingerprint density at radius 1 is 1.17 bits per heavy atom. The molecule has 0 aliphatic carbocycles. The van der Waals surface area contributed by atoms with Gasteiger partial charge in [-0.3, -0.25) is 14.8 Å². The molecule has 2 unspecified atom stereocenters. The number of rotatable bonds is 8. The lowest BCUT2D eigenvalue weighted by Gasteiger charge is -2.40. The van der Waals surface area contributed by atoms with Gasteiger partial charge in [0, 0.05) is 44.8 Å². The van der Waals surface area contributed by atoms with Gasteiger partial charge in [-0.25, -0.2) is 0 Å². The molecule has 3 rings (SSSR count). The molecule has 0 aromatic heterocycles. The normalized spacial score (nSPS) is 24.4. The van der Waals surface area contributed by atoms with E-state index in [0.29, 0.717) is 18.0 Å². The predicted octanol–water partition coefficient (Wildman–Crippen LogP) is 2.37. The van der Waals surface area contributed by atoms with Crippen LogP contribution in [0.3, 0.4) is 0 Å². The highest BCUT2D eigenvalue weighted by atomic mass is 127. The molecular formula is C22H39IN6. The average Bonchev–Trinajstić information content (AvgIpc) is 3.19. The number of guanidine groups is 1. The van der Waals surface area contributed by atoms with E-state index < -0.39 is 0 Å². The molecule has 0 amide bonds. The van der Waals surface area contributed by atoms with E-state index in [1.54, 1.807) is 0 Å². The minimum atomic E-state index is 0. The van der Waals surface area contributed by atoms with Gasteiger partial charge in [-0.15, -0.1) is 24.0 Å². The van der Waals surface area contributed by atoms with E-state index in [1.807, 2.05) is 0 Å². The third-order valence-electron chi connectivity index (χ3n) is 6.18. The quantitative estimate of drug-likeness (QED) is 0.242. The Labute approximate surface area is 193 Å². The number of benzene rings is 1. The van der Waals surface area contributed by atoms with Crippen molar-refractivity contribution in [3.63, 3.8) is 0 Å². The van der Waals surface area contributed by atoms with Crippen LogP contribution in [0.5, 0.6) is 0 Å². The van der Waals surface area contributed by atoms with Crippen LogP contribution in [0, 0.1) is 0 Å². The molecule has 29 heavy (non-hydrogen) atoms.